The van der Waals surface area contributed by atoms with Crippen molar-refractivity contribution in [2.75, 3.05) is 11.5 Å². The Bertz CT molecular complexity index is 797. The number of hydrogen-bond acceptors (Lipinski definition) is 4. The minimum atomic E-state index is -0.660. The smallest absolute Gasteiger partial charge is 0.222 e. The van der Waals surface area contributed by atoms with Crippen molar-refractivity contribution in [1.29, 1.82) is 0 Å². The van der Waals surface area contributed by atoms with Gasteiger partial charge in [-0.25, -0.2) is 13.8 Å². The number of anilines is 2. The molecule has 100 valence electrons. The van der Waals surface area contributed by atoms with E-state index in [4.69, 9.17) is 11.5 Å². The van der Waals surface area contributed by atoms with E-state index in [1.54, 1.807) is 18.2 Å². The Labute approximate surface area is 113 Å². The molecule has 6 heteroatoms. The van der Waals surface area contributed by atoms with E-state index in [-0.39, 0.29) is 11.8 Å². The number of nitrogen functional groups attached to an aromatic ring is 2. The van der Waals surface area contributed by atoms with E-state index >= 15 is 0 Å². The molecule has 0 aliphatic rings. The van der Waals surface area contributed by atoms with Crippen molar-refractivity contribution in [3.05, 3.63) is 48.0 Å². The average Bonchev–Trinajstić information content (AvgIpc) is 2.36. The van der Waals surface area contributed by atoms with Gasteiger partial charge in [-0.05, 0) is 29.3 Å². The highest BCUT2D eigenvalue weighted by Gasteiger charge is 2.11. The molecule has 0 fully saturated rings. The molecule has 1 aromatic heterocycles. The highest BCUT2D eigenvalue weighted by atomic mass is 19.1. The molecule has 0 spiro atoms. The van der Waals surface area contributed by atoms with Gasteiger partial charge < -0.3 is 11.5 Å². The van der Waals surface area contributed by atoms with Gasteiger partial charge in [0.1, 0.15) is 17.5 Å². The number of rotatable bonds is 1. The van der Waals surface area contributed by atoms with Crippen molar-refractivity contribution in [3.63, 3.8) is 0 Å². The third kappa shape index (κ3) is 2.01. The van der Waals surface area contributed by atoms with Crippen LogP contribution < -0.4 is 11.5 Å². The Morgan fingerprint density at radius 3 is 2.30 bits per heavy atom. The number of halogens is 2. The van der Waals surface area contributed by atoms with E-state index in [1.165, 1.54) is 12.1 Å². The first-order valence-corrected chi connectivity index (χ1v) is 5.83. The maximum Gasteiger partial charge on any atom is 0.222 e. The van der Waals surface area contributed by atoms with Crippen LogP contribution in [-0.4, -0.2) is 9.97 Å². The lowest BCUT2D eigenvalue weighted by atomic mass is 10.0. The number of benzene rings is 2. The summed E-state index contributed by atoms with van der Waals surface area (Å²) in [6, 6.07) is 8.40. The Balaban J connectivity index is 2.36. The second-order valence-corrected chi connectivity index (χ2v) is 4.32. The van der Waals surface area contributed by atoms with Crippen LogP contribution in [0.15, 0.2) is 36.4 Å². The van der Waals surface area contributed by atoms with Gasteiger partial charge in [0, 0.05) is 6.07 Å². The van der Waals surface area contributed by atoms with Gasteiger partial charge in [0.05, 0.1) is 10.9 Å². The number of hydrogen-bond donors (Lipinski definition) is 2. The highest BCUT2D eigenvalue weighted by Crippen LogP contribution is 2.32. The fourth-order valence-electron chi connectivity index (χ4n) is 2.18. The van der Waals surface area contributed by atoms with Gasteiger partial charge in [-0.2, -0.15) is 4.98 Å². The van der Waals surface area contributed by atoms with Gasteiger partial charge in [-0.15, -0.1) is 0 Å². The molecule has 0 bridgehead atoms. The van der Waals surface area contributed by atoms with Crippen LogP contribution in [0.5, 0.6) is 0 Å². The first kappa shape index (κ1) is 12.3. The minimum absolute atomic E-state index is 0.0533. The van der Waals surface area contributed by atoms with Crippen LogP contribution in [0, 0.1) is 11.6 Å². The van der Waals surface area contributed by atoms with Crippen molar-refractivity contribution in [3.8, 4) is 11.1 Å². The molecule has 0 saturated carbocycles. The van der Waals surface area contributed by atoms with E-state index in [1.807, 2.05) is 0 Å². The fraction of sp³-hybridized carbons (Fsp3) is 0. The molecule has 0 aliphatic heterocycles. The molecule has 4 N–H and O–H groups in total. The van der Waals surface area contributed by atoms with Crippen molar-refractivity contribution >= 4 is 22.7 Å². The van der Waals surface area contributed by atoms with Crippen molar-refractivity contribution in [2.24, 2.45) is 0 Å². The van der Waals surface area contributed by atoms with E-state index in [0.717, 1.165) is 6.07 Å². The Kier molecular flexibility index (Phi) is 2.71. The number of nitrogens with two attached hydrogens (primary N) is 2. The number of nitrogens with zero attached hydrogens (tertiary/aromatic N) is 2. The lowest BCUT2D eigenvalue weighted by molar-refractivity contribution is 0.584. The summed E-state index contributed by atoms with van der Waals surface area (Å²) in [4.78, 5) is 7.96. The summed E-state index contributed by atoms with van der Waals surface area (Å²) in [6.45, 7) is 0. The molecule has 0 amide bonds. The lowest BCUT2D eigenvalue weighted by Gasteiger charge is -2.09. The van der Waals surface area contributed by atoms with Crippen molar-refractivity contribution in [2.45, 2.75) is 0 Å². The van der Waals surface area contributed by atoms with E-state index < -0.39 is 11.6 Å². The predicted octanol–water partition coefficient (Wildman–Crippen LogP) is 2.74. The minimum Gasteiger partial charge on any atom is -0.383 e. The zero-order valence-corrected chi connectivity index (χ0v) is 10.3. The Hall–Kier alpha value is -2.76. The van der Waals surface area contributed by atoms with Crippen molar-refractivity contribution < 1.29 is 8.78 Å². The van der Waals surface area contributed by atoms with Gasteiger partial charge >= 0.3 is 0 Å². The first-order valence-electron chi connectivity index (χ1n) is 5.83. The molecule has 20 heavy (non-hydrogen) atoms. The summed E-state index contributed by atoms with van der Waals surface area (Å²) in [6.07, 6.45) is 0. The average molecular weight is 272 g/mol. The first-order chi connectivity index (χ1) is 9.54. The summed E-state index contributed by atoms with van der Waals surface area (Å²) >= 11 is 0. The van der Waals surface area contributed by atoms with Crippen LogP contribution in [0.3, 0.4) is 0 Å². The number of aromatic nitrogens is 2. The molecule has 3 rings (SSSR count). The summed E-state index contributed by atoms with van der Waals surface area (Å²) in [5.41, 5.74) is 12.8. The zero-order valence-electron chi connectivity index (χ0n) is 10.3. The van der Waals surface area contributed by atoms with Gasteiger partial charge in [-0.1, -0.05) is 12.1 Å². The van der Waals surface area contributed by atoms with Crippen LogP contribution in [0.4, 0.5) is 20.5 Å². The summed E-state index contributed by atoms with van der Waals surface area (Å²) in [5.74, 6) is -1.09. The molecule has 0 atom stereocenters. The largest absolute Gasteiger partial charge is 0.383 e. The summed E-state index contributed by atoms with van der Waals surface area (Å²) in [7, 11) is 0. The summed E-state index contributed by atoms with van der Waals surface area (Å²) in [5, 5.41) is 0.520. The van der Waals surface area contributed by atoms with Gasteiger partial charge in [0.2, 0.25) is 5.95 Å². The van der Waals surface area contributed by atoms with Crippen LogP contribution in [0.1, 0.15) is 0 Å². The molecule has 0 unspecified atom stereocenters. The van der Waals surface area contributed by atoms with E-state index in [2.05, 4.69) is 9.97 Å². The molecule has 1 heterocycles. The SMILES string of the molecule is Nc1nc(N)c2c(-c3cc(F)cc(F)c3)cccc2n1. The van der Waals surface area contributed by atoms with Gasteiger partial charge in [-0.3, -0.25) is 0 Å². The van der Waals surface area contributed by atoms with Gasteiger partial charge in [0.25, 0.3) is 0 Å². The molecule has 0 aliphatic carbocycles. The molecule has 2 aromatic carbocycles. The van der Waals surface area contributed by atoms with Crippen LogP contribution in [-0.2, 0) is 0 Å². The van der Waals surface area contributed by atoms with Crippen molar-refractivity contribution in [1.82, 2.24) is 9.97 Å². The third-order valence-corrected chi connectivity index (χ3v) is 2.94. The fourth-order valence-corrected chi connectivity index (χ4v) is 2.18. The van der Waals surface area contributed by atoms with E-state index in [0.29, 0.717) is 22.0 Å². The lowest BCUT2D eigenvalue weighted by Crippen LogP contribution is -2.01. The molecular formula is C14H10F2N4. The number of fused-ring (bicyclic) bond motifs is 1. The monoisotopic (exact) mass is 272 g/mol. The normalized spacial score (nSPS) is 10.9. The van der Waals surface area contributed by atoms with Crippen LogP contribution >= 0.6 is 0 Å². The van der Waals surface area contributed by atoms with E-state index in [9.17, 15) is 8.78 Å². The predicted molar refractivity (Wildman–Crippen MR) is 73.7 cm³/mol. The quantitative estimate of drug-likeness (QED) is 0.714. The maximum absolute atomic E-state index is 13.4. The van der Waals surface area contributed by atoms with Crippen LogP contribution in [0.2, 0.25) is 0 Å². The second-order valence-electron chi connectivity index (χ2n) is 4.32. The second kappa shape index (κ2) is 4.41. The molecular weight excluding hydrogens is 262 g/mol. The molecule has 0 radical (unpaired) electrons. The maximum atomic E-state index is 13.4. The Morgan fingerprint density at radius 1 is 0.900 bits per heavy atom. The molecule has 4 nitrogen and oxygen atoms in total. The van der Waals surface area contributed by atoms with Crippen LogP contribution in [0.25, 0.3) is 22.0 Å². The standard InChI is InChI=1S/C14H10F2N4/c15-8-4-7(5-9(16)6-8)10-2-1-3-11-12(10)13(17)20-14(18)19-11/h1-6H,(H4,17,18,19,20). The molecule has 3 aromatic rings. The molecule has 0 saturated heterocycles. The zero-order chi connectivity index (χ0) is 14.3. The Morgan fingerprint density at radius 2 is 1.60 bits per heavy atom. The van der Waals surface area contributed by atoms with Gasteiger partial charge in [0.15, 0.2) is 0 Å². The third-order valence-electron chi connectivity index (χ3n) is 2.94. The topological polar surface area (TPSA) is 77.8 Å². The summed E-state index contributed by atoms with van der Waals surface area (Å²) < 4.78 is 26.7. The highest BCUT2D eigenvalue weighted by molar-refractivity contribution is 6.01.